The number of benzene rings is 1. The first-order chi connectivity index (χ1) is 7.63. The molecule has 0 aliphatic carbocycles. The zero-order valence-electron chi connectivity index (χ0n) is 9.99. The summed E-state index contributed by atoms with van der Waals surface area (Å²) < 4.78 is 4.72. The Labute approximate surface area is 96.0 Å². The molecular formula is C13H17NO2. The molecule has 0 saturated carbocycles. The first-order valence-electron chi connectivity index (χ1n) is 5.57. The van der Waals surface area contributed by atoms with E-state index in [0.29, 0.717) is 11.6 Å². The van der Waals surface area contributed by atoms with E-state index in [2.05, 4.69) is 18.9 Å². The van der Waals surface area contributed by atoms with Crippen LogP contribution in [0.25, 0.3) is 0 Å². The lowest BCUT2D eigenvalue weighted by molar-refractivity contribution is 0.0600. The predicted octanol–water partition coefficient (Wildman–Crippen LogP) is 2.24. The number of carbonyl (C=O) groups excluding carboxylic acids is 1. The molecule has 0 N–H and O–H groups in total. The number of methoxy groups -OCH3 is 1. The highest BCUT2D eigenvalue weighted by Crippen LogP contribution is 2.30. The standard InChI is InChI=1S/C13H17NO2/c1-9-4-5-10-8-11(13(15)16-3)6-7-12(10)14(9)2/h6-9H,4-5H2,1-3H3. The van der Waals surface area contributed by atoms with Gasteiger partial charge in [0, 0.05) is 18.8 Å². The molecule has 0 aromatic heterocycles. The molecule has 2 rings (SSSR count). The van der Waals surface area contributed by atoms with Gasteiger partial charge in [-0.3, -0.25) is 0 Å². The van der Waals surface area contributed by atoms with Crippen LogP contribution in [0.1, 0.15) is 29.3 Å². The average Bonchev–Trinajstić information content (AvgIpc) is 2.32. The molecule has 0 radical (unpaired) electrons. The van der Waals surface area contributed by atoms with Crippen molar-refractivity contribution >= 4 is 11.7 Å². The smallest absolute Gasteiger partial charge is 0.337 e. The molecule has 16 heavy (non-hydrogen) atoms. The van der Waals surface area contributed by atoms with Gasteiger partial charge in [-0.15, -0.1) is 0 Å². The highest BCUT2D eigenvalue weighted by molar-refractivity contribution is 5.90. The lowest BCUT2D eigenvalue weighted by Gasteiger charge is -2.34. The Hall–Kier alpha value is -1.51. The number of ether oxygens (including phenoxy) is 1. The van der Waals surface area contributed by atoms with E-state index < -0.39 is 0 Å². The van der Waals surface area contributed by atoms with Crippen LogP contribution in [-0.4, -0.2) is 26.2 Å². The molecule has 0 spiro atoms. The highest BCUT2D eigenvalue weighted by Gasteiger charge is 2.20. The molecule has 86 valence electrons. The fraction of sp³-hybridized carbons (Fsp3) is 0.462. The summed E-state index contributed by atoms with van der Waals surface area (Å²) in [5.41, 5.74) is 3.11. The summed E-state index contributed by atoms with van der Waals surface area (Å²) in [6, 6.07) is 6.36. The molecule has 0 bridgehead atoms. The van der Waals surface area contributed by atoms with Crippen molar-refractivity contribution < 1.29 is 9.53 Å². The number of aryl methyl sites for hydroxylation is 1. The summed E-state index contributed by atoms with van der Waals surface area (Å²) in [5.74, 6) is -0.260. The minimum Gasteiger partial charge on any atom is -0.465 e. The van der Waals surface area contributed by atoms with Crippen LogP contribution in [-0.2, 0) is 11.2 Å². The molecular weight excluding hydrogens is 202 g/mol. The molecule has 1 aromatic carbocycles. The zero-order chi connectivity index (χ0) is 11.7. The van der Waals surface area contributed by atoms with Crippen LogP contribution < -0.4 is 4.90 Å². The van der Waals surface area contributed by atoms with Gasteiger partial charge >= 0.3 is 5.97 Å². The van der Waals surface area contributed by atoms with Crippen LogP contribution in [0.15, 0.2) is 18.2 Å². The topological polar surface area (TPSA) is 29.5 Å². The van der Waals surface area contributed by atoms with Crippen molar-refractivity contribution in [1.29, 1.82) is 0 Å². The molecule has 0 fully saturated rings. The summed E-state index contributed by atoms with van der Waals surface area (Å²) >= 11 is 0. The van der Waals surface area contributed by atoms with Crippen molar-refractivity contribution in [3.8, 4) is 0 Å². The summed E-state index contributed by atoms with van der Waals surface area (Å²) in [4.78, 5) is 13.7. The van der Waals surface area contributed by atoms with Crippen LogP contribution in [0.4, 0.5) is 5.69 Å². The van der Waals surface area contributed by atoms with E-state index in [9.17, 15) is 4.79 Å². The van der Waals surface area contributed by atoms with Crippen molar-refractivity contribution in [2.45, 2.75) is 25.8 Å². The number of esters is 1. The SMILES string of the molecule is COC(=O)c1ccc2c(c1)CCC(C)N2C. The molecule has 0 saturated heterocycles. The van der Waals surface area contributed by atoms with E-state index >= 15 is 0 Å². The number of carbonyl (C=O) groups is 1. The summed E-state index contributed by atoms with van der Waals surface area (Å²) in [5, 5.41) is 0. The van der Waals surface area contributed by atoms with Gasteiger partial charge in [0.1, 0.15) is 0 Å². The fourth-order valence-electron chi connectivity index (χ4n) is 2.17. The lowest BCUT2D eigenvalue weighted by atomic mass is 9.95. The number of hydrogen-bond donors (Lipinski definition) is 0. The van der Waals surface area contributed by atoms with Gasteiger partial charge < -0.3 is 9.64 Å². The quantitative estimate of drug-likeness (QED) is 0.678. The molecule has 3 heteroatoms. The molecule has 1 atom stereocenters. The molecule has 0 amide bonds. The summed E-state index contributed by atoms with van der Waals surface area (Å²) in [6.07, 6.45) is 2.17. The van der Waals surface area contributed by atoms with Crippen LogP contribution >= 0.6 is 0 Å². The second-order valence-electron chi connectivity index (χ2n) is 4.33. The van der Waals surface area contributed by atoms with Crippen molar-refractivity contribution in [2.75, 3.05) is 19.1 Å². The Balaban J connectivity index is 2.37. The van der Waals surface area contributed by atoms with E-state index in [0.717, 1.165) is 12.8 Å². The second-order valence-corrected chi connectivity index (χ2v) is 4.33. The van der Waals surface area contributed by atoms with Crippen molar-refractivity contribution in [3.05, 3.63) is 29.3 Å². The Kier molecular flexibility index (Phi) is 2.86. The third-order valence-corrected chi connectivity index (χ3v) is 3.37. The van der Waals surface area contributed by atoms with Crippen molar-refractivity contribution in [1.82, 2.24) is 0 Å². The molecule has 1 heterocycles. The number of anilines is 1. The van der Waals surface area contributed by atoms with E-state index in [4.69, 9.17) is 4.74 Å². The van der Waals surface area contributed by atoms with Crippen molar-refractivity contribution in [3.63, 3.8) is 0 Å². The predicted molar refractivity (Wildman–Crippen MR) is 64.0 cm³/mol. The zero-order valence-corrected chi connectivity index (χ0v) is 9.99. The monoisotopic (exact) mass is 219 g/mol. The molecule has 1 unspecified atom stereocenters. The largest absolute Gasteiger partial charge is 0.465 e. The fourth-order valence-corrected chi connectivity index (χ4v) is 2.17. The Bertz CT molecular complexity index is 414. The van der Waals surface area contributed by atoms with Gasteiger partial charge in [-0.1, -0.05) is 0 Å². The van der Waals surface area contributed by atoms with Crippen LogP contribution in [0, 0.1) is 0 Å². The van der Waals surface area contributed by atoms with Crippen LogP contribution in [0.2, 0.25) is 0 Å². The average molecular weight is 219 g/mol. The van der Waals surface area contributed by atoms with Gasteiger partial charge in [0.15, 0.2) is 0 Å². The van der Waals surface area contributed by atoms with Gasteiger partial charge in [-0.2, -0.15) is 0 Å². The van der Waals surface area contributed by atoms with E-state index in [1.807, 2.05) is 18.2 Å². The number of fused-ring (bicyclic) bond motifs is 1. The maximum atomic E-state index is 11.4. The van der Waals surface area contributed by atoms with E-state index in [1.165, 1.54) is 18.4 Å². The highest BCUT2D eigenvalue weighted by atomic mass is 16.5. The van der Waals surface area contributed by atoms with Gasteiger partial charge in [0.2, 0.25) is 0 Å². The second kappa shape index (κ2) is 4.16. The summed E-state index contributed by atoms with van der Waals surface area (Å²) in [6.45, 7) is 2.22. The first-order valence-corrected chi connectivity index (χ1v) is 5.57. The number of nitrogens with zero attached hydrogens (tertiary/aromatic N) is 1. The molecule has 1 aliphatic rings. The van der Waals surface area contributed by atoms with Gasteiger partial charge in [-0.25, -0.2) is 4.79 Å². The minimum absolute atomic E-state index is 0.260. The molecule has 1 aromatic rings. The van der Waals surface area contributed by atoms with Crippen LogP contribution in [0.3, 0.4) is 0 Å². The van der Waals surface area contributed by atoms with Crippen LogP contribution in [0.5, 0.6) is 0 Å². The Morgan fingerprint density at radius 1 is 1.50 bits per heavy atom. The third kappa shape index (κ3) is 1.77. The Morgan fingerprint density at radius 3 is 2.94 bits per heavy atom. The third-order valence-electron chi connectivity index (χ3n) is 3.37. The molecule has 1 aliphatic heterocycles. The molecule has 3 nitrogen and oxygen atoms in total. The normalized spacial score (nSPS) is 19.2. The summed E-state index contributed by atoms with van der Waals surface area (Å²) in [7, 11) is 3.51. The van der Waals surface area contributed by atoms with Gasteiger partial charge in [0.05, 0.1) is 12.7 Å². The van der Waals surface area contributed by atoms with Crippen molar-refractivity contribution in [2.24, 2.45) is 0 Å². The van der Waals surface area contributed by atoms with E-state index in [-0.39, 0.29) is 5.97 Å². The van der Waals surface area contributed by atoms with E-state index in [1.54, 1.807) is 0 Å². The number of rotatable bonds is 1. The maximum absolute atomic E-state index is 11.4. The lowest BCUT2D eigenvalue weighted by Crippen LogP contribution is -2.33. The maximum Gasteiger partial charge on any atom is 0.337 e. The van der Waals surface area contributed by atoms with Gasteiger partial charge in [-0.05, 0) is 43.5 Å². The van der Waals surface area contributed by atoms with Gasteiger partial charge in [0.25, 0.3) is 0 Å². The first kappa shape index (κ1) is 11.0. The minimum atomic E-state index is -0.260. The number of hydrogen-bond acceptors (Lipinski definition) is 3. The Morgan fingerprint density at radius 2 is 2.25 bits per heavy atom.